The summed E-state index contributed by atoms with van der Waals surface area (Å²) >= 11 is 0. The van der Waals surface area contributed by atoms with Crippen molar-refractivity contribution in [2.75, 3.05) is 6.61 Å². The summed E-state index contributed by atoms with van der Waals surface area (Å²) in [5.74, 6) is -0.358. The molecular weight excluding hydrogens is 372 g/mol. The Hall–Kier alpha value is -3.76. The van der Waals surface area contributed by atoms with Crippen molar-refractivity contribution in [2.24, 2.45) is 5.92 Å². The topological polar surface area (TPSA) is 157 Å². The maximum atomic E-state index is 12.2. The number of benzene rings is 1. The molecule has 0 saturated heterocycles. The summed E-state index contributed by atoms with van der Waals surface area (Å²) in [7, 11) is 0. The monoisotopic (exact) mass is 390 g/mol. The molecule has 1 aromatic carbocycles. The van der Waals surface area contributed by atoms with Crippen LogP contribution in [0.4, 0.5) is 11.4 Å². The Bertz CT molecular complexity index is 936. The molecule has 1 amide bonds. The Morgan fingerprint density at radius 3 is 2.25 bits per heavy atom. The number of nitrogens with zero attached hydrogens (tertiary/aromatic N) is 2. The first-order chi connectivity index (χ1) is 13.2. The first-order valence-corrected chi connectivity index (χ1v) is 8.24. The number of hydrogen-bond donors (Lipinski definition) is 2. The van der Waals surface area contributed by atoms with Crippen LogP contribution in [0.25, 0.3) is 0 Å². The highest BCUT2D eigenvalue weighted by Crippen LogP contribution is 2.22. The van der Waals surface area contributed by atoms with Gasteiger partial charge in [-0.2, -0.15) is 0 Å². The Labute approximate surface area is 158 Å². The second kappa shape index (κ2) is 8.75. The summed E-state index contributed by atoms with van der Waals surface area (Å²) in [6, 6.07) is 3.90. The van der Waals surface area contributed by atoms with Crippen LogP contribution in [0.3, 0.4) is 0 Å². The van der Waals surface area contributed by atoms with E-state index in [1.807, 2.05) is 13.8 Å². The van der Waals surface area contributed by atoms with E-state index in [0.29, 0.717) is 12.3 Å². The molecule has 0 aliphatic carbocycles. The SMILES string of the molecule is CC(C)COc1c[nH]c(CNC(=O)c2cc([N+](=O)[O-])cc([N+](=O)[O-])c2)cc1=O. The van der Waals surface area contributed by atoms with E-state index in [2.05, 4.69) is 10.3 Å². The first-order valence-electron chi connectivity index (χ1n) is 8.24. The molecule has 0 unspecified atom stereocenters. The molecule has 0 bridgehead atoms. The lowest BCUT2D eigenvalue weighted by molar-refractivity contribution is -0.394. The van der Waals surface area contributed by atoms with Crippen molar-refractivity contribution in [1.82, 2.24) is 10.3 Å². The Balaban J connectivity index is 2.12. The van der Waals surface area contributed by atoms with E-state index >= 15 is 0 Å². The number of pyridine rings is 1. The molecule has 11 heteroatoms. The maximum absolute atomic E-state index is 12.2. The molecule has 0 saturated carbocycles. The van der Waals surface area contributed by atoms with E-state index in [1.54, 1.807) is 0 Å². The summed E-state index contributed by atoms with van der Waals surface area (Å²) in [5.41, 5.74) is -1.37. The number of ether oxygens (including phenoxy) is 1. The maximum Gasteiger partial charge on any atom is 0.277 e. The largest absolute Gasteiger partial charge is 0.488 e. The first kappa shape index (κ1) is 20.6. The molecular formula is C17H18N4O7. The summed E-state index contributed by atoms with van der Waals surface area (Å²) in [4.78, 5) is 47.2. The van der Waals surface area contributed by atoms with Gasteiger partial charge >= 0.3 is 0 Å². The van der Waals surface area contributed by atoms with E-state index in [9.17, 15) is 29.8 Å². The number of rotatable bonds is 8. The van der Waals surface area contributed by atoms with Gasteiger partial charge in [0.05, 0.1) is 34.6 Å². The third-order valence-electron chi connectivity index (χ3n) is 3.53. The number of hydrogen-bond acceptors (Lipinski definition) is 7. The number of nitro benzene ring substituents is 2. The van der Waals surface area contributed by atoms with Crippen LogP contribution in [0.2, 0.25) is 0 Å². The number of aromatic nitrogens is 1. The lowest BCUT2D eigenvalue weighted by Gasteiger charge is -2.09. The van der Waals surface area contributed by atoms with Crippen LogP contribution in [0.5, 0.6) is 5.75 Å². The number of carbonyl (C=O) groups is 1. The highest BCUT2D eigenvalue weighted by Gasteiger charge is 2.19. The van der Waals surface area contributed by atoms with Crippen LogP contribution >= 0.6 is 0 Å². The van der Waals surface area contributed by atoms with E-state index in [-0.39, 0.29) is 29.2 Å². The molecule has 11 nitrogen and oxygen atoms in total. The second-order valence-corrected chi connectivity index (χ2v) is 6.33. The highest BCUT2D eigenvalue weighted by molar-refractivity contribution is 5.95. The molecule has 0 aliphatic rings. The number of non-ortho nitro benzene ring substituents is 2. The van der Waals surface area contributed by atoms with E-state index in [1.165, 1.54) is 12.3 Å². The number of nitrogens with one attached hydrogen (secondary N) is 2. The minimum absolute atomic E-state index is 0.0883. The Morgan fingerprint density at radius 2 is 1.75 bits per heavy atom. The highest BCUT2D eigenvalue weighted by atomic mass is 16.6. The van der Waals surface area contributed by atoms with Gasteiger partial charge < -0.3 is 15.0 Å². The van der Waals surface area contributed by atoms with Gasteiger partial charge in [-0.25, -0.2) is 0 Å². The molecule has 2 rings (SSSR count). The molecule has 2 N–H and O–H groups in total. The van der Waals surface area contributed by atoms with E-state index in [4.69, 9.17) is 4.74 Å². The smallest absolute Gasteiger partial charge is 0.277 e. The van der Waals surface area contributed by atoms with Gasteiger partial charge in [0.15, 0.2) is 5.75 Å². The molecule has 0 spiro atoms. The lowest BCUT2D eigenvalue weighted by atomic mass is 10.1. The van der Waals surface area contributed by atoms with Crippen LogP contribution in [-0.4, -0.2) is 27.3 Å². The second-order valence-electron chi connectivity index (χ2n) is 6.33. The zero-order valence-corrected chi connectivity index (χ0v) is 15.1. The predicted octanol–water partition coefficient (Wildman–Crippen LogP) is 2.16. The third kappa shape index (κ3) is 5.37. The fraction of sp³-hybridized carbons (Fsp3) is 0.294. The number of aromatic amines is 1. The fourth-order valence-corrected chi connectivity index (χ4v) is 2.19. The van der Waals surface area contributed by atoms with E-state index < -0.39 is 27.1 Å². The zero-order chi connectivity index (χ0) is 20.8. The van der Waals surface area contributed by atoms with Crippen molar-refractivity contribution in [3.05, 3.63) is 72.2 Å². The van der Waals surface area contributed by atoms with Crippen molar-refractivity contribution in [2.45, 2.75) is 20.4 Å². The quantitative estimate of drug-likeness (QED) is 0.516. The van der Waals surface area contributed by atoms with Crippen LogP contribution in [0.1, 0.15) is 29.9 Å². The zero-order valence-electron chi connectivity index (χ0n) is 15.1. The third-order valence-corrected chi connectivity index (χ3v) is 3.53. The van der Waals surface area contributed by atoms with E-state index in [0.717, 1.165) is 18.2 Å². The van der Waals surface area contributed by atoms with Crippen LogP contribution in [0, 0.1) is 26.1 Å². The summed E-state index contributed by atoms with van der Waals surface area (Å²) in [6.45, 7) is 4.17. The van der Waals surface area contributed by atoms with Gasteiger partial charge in [-0.15, -0.1) is 0 Å². The number of amides is 1. The van der Waals surface area contributed by atoms with Gasteiger partial charge in [0.1, 0.15) is 0 Å². The van der Waals surface area contributed by atoms with Crippen LogP contribution in [0.15, 0.2) is 35.3 Å². The van der Waals surface area contributed by atoms with Gasteiger partial charge in [0, 0.05) is 30.1 Å². The average molecular weight is 390 g/mol. The summed E-state index contributed by atoms with van der Waals surface area (Å²) in [5, 5.41) is 24.2. The number of carbonyl (C=O) groups excluding carboxylic acids is 1. The number of H-pyrrole nitrogens is 1. The molecule has 148 valence electrons. The Kier molecular flexibility index (Phi) is 6.42. The molecule has 0 fully saturated rings. The van der Waals surface area contributed by atoms with Crippen molar-refractivity contribution in [3.63, 3.8) is 0 Å². The molecule has 2 aromatic rings. The minimum atomic E-state index is -0.822. The van der Waals surface area contributed by atoms with Gasteiger partial charge in [0.2, 0.25) is 5.43 Å². The average Bonchev–Trinajstić information content (AvgIpc) is 2.64. The van der Waals surface area contributed by atoms with Crippen molar-refractivity contribution in [3.8, 4) is 5.75 Å². The molecule has 0 aliphatic heterocycles. The van der Waals surface area contributed by atoms with Gasteiger partial charge in [0.25, 0.3) is 17.3 Å². The number of nitro groups is 2. The Morgan fingerprint density at radius 1 is 1.14 bits per heavy atom. The lowest BCUT2D eigenvalue weighted by Crippen LogP contribution is -2.24. The van der Waals surface area contributed by atoms with Gasteiger partial charge in [-0.05, 0) is 5.92 Å². The van der Waals surface area contributed by atoms with Crippen LogP contribution < -0.4 is 15.5 Å². The fourth-order valence-electron chi connectivity index (χ4n) is 2.19. The van der Waals surface area contributed by atoms with Crippen molar-refractivity contribution >= 4 is 17.3 Å². The molecule has 1 aromatic heterocycles. The van der Waals surface area contributed by atoms with Crippen LogP contribution in [-0.2, 0) is 6.54 Å². The van der Waals surface area contributed by atoms with Crippen molar-refractivity contribution < 1.29 is 19.4 Å². The van der Waals surface area contributed by atoms with Gasteiger partial charge in [-0.3, -0.25) is 29.8 Å². The summed E-state index contributed by atoms with van der Waals surface area (Å²) < 4.78 is 5.36. The normalized spacial score (nSPS) is 10.5. The molecule has 0 atom stereocenters. The minimum Gasteiger partial charge on any atom is -0.488 e. The molecule has 1 heterocycles. The van der Waals surface area contributed by atoms with Crippen molar-refractivity contribution in [1.29, 1.82) is 0 Å². The predicted molar refractivity (Wildman–Crippen MR) is 98.3 cm³/mol. The van der Waals surface area contributed by atoms with Gasteiger partial charge in [-0.1, -0.05) is 13.8 Å². The standard InChI is InChI=1S/C17H18N4O7/c1-10(2)9-28-16-8-18-12(5-15(16)22)7-19-17(23)11-3-13(20(24)25)6-14(4-11)21(26)27/h3-6,8,10H,7,9H2,1-2H3,(H,18,22)(H,19,23). The molecule has 0 radical (unpaired) electrons. The molecule has 28 heavy (non-hydrogen) atoms. The summed E-state index contributed by atoms with van der Waals surface area (Å²) in [6.07, 6.45) is 1.38.